The molecule has 0 fully saturated rings. The highest BCUT2D eigenvalue weighted by molar-refractivity contribution is 7.48. The van der Waals surface area contributed by atoms with Gasteiger partial charge >= 0.3 is 0 Å². The van der Waals surface area contributed by atoms with E-state index in [1.165, 1.54) is 27.6 Å². The molecule has 2 unspecified atom stereocenters. The summed E-state index contributed by atoms with van der Waals surface area (Å²) >= 11 is 0. The van der Waals surface area contributed by atoms with Crippen molar-refractivity contribution in [2.45, 2.75) is 38.3 Å². The molecule has 3 aromatic rings. The van der Waals surface area contributed by atoms with Gasteiger partial charge in [0.25, 0.3) is 0 Å². The Morgan fingerprint density at radius 3 is 2.44 bits per heavy atom. The highest BCUT2D eigenvalue weighted by Crippen LogP contribution is 2.48. The van der Waals surface area contributed by atoms with Crippen molar-refractivity contribution in [1.29, 1.82) is 0 Å². The van der Waals surface area contributed by atoms with Crippen molar-refractivity contribution in [1.82, 2.24) is 0 Å². The van der Waals surface area contributed by atoms with E-state index in [1.807, 2.05) is 13.3 Å². The first-order chi connectivity index (χ1) is 15.6. The molecule has 0 aliphatic carbocycles. The first-order valence-electron chi connectivity index (χ1n) is 11.2. The Kier molecular flexibility index (Phi) is 9.02. The van der Waals surface area contributed by atoms with E-state index in [0.717, 1.165) is 25.0 Å². The van der Waals surface area contributed by atoms with Gasteiger partial charge in [-0.1, -0.05) is 95.6 Å². The van der Waals surface area contributed by atoms with Crippen LogP contribution in [0.5, 0.6) is 5.75 Å². The molecule has 0 aliphatic rings. The van der Waals surface area contributed by atoms with Gasteiger partial charge in [0.1, 0.15) is 5.75 Å². The molecule has 3 nitrogen and oxygen atoms in total. The second kappa shape index (κ2) is 11.9. The van der Waals surface area contributed by atoms with Crippen molar-refractivity contribution < 1.29 is 9.47 Å². The third-order valence-electron chi connectivity index (χ3n) is 5.61. The van der Waals surface area contributed by atoms with Crippen molar-refractivity contribution in [3.63, 3.8) is 0 Å². The molecule has 4 heteroatoms. The number of nitrogens with zero attached hydrogens (tertiary/aromatic N) is 1. The van der Waals surface area contributed by atoms with Gasteiger partial charge in [-0.2, -0.15) is 0 Å². The van der Waals surface area contributed by atoms with Crippen molar-refractivity contribution in [2.24, 2.45) is 4.99 Å². The van der Waals surface area contributed by atoms with Crippen molar-refractivity contribution in [3.8, 4) is 5.75 Å². The molecule has 3 aromatic carbocycles. The first kappa shape index (κ1) is 24.2. The average Bonchev–Trinajstić information content (AvgIpc) is 2.80. The molecule has 0 saturated carbocycles. The number of benzene rings is 3. The topological polar surface area (TPSA) is 30.8 Å². The molecule has 0 aromatic heterocycles. The Labute approximate surface area is 194 Å². The highest BCUT2D eigenvalue weighted by atomic mass is 31.1. The summed E-state index contributed by atoms with van der Waals surface area (Å²) in [6.45, 7) is 4.87. The predicted octanol–water partition coefficient (Wildman–Crippen LogP) is 6.33. The zero-order chi connectivity index (χ0) is 22.8. The zero-order valence-electron chi connectivity index (χ0n) is 19.6. The van der Waals surface area contributed by atoms with Crippen LogP contribution in [0.4, 0.5) is 0 Å². The second-order valence-corrected chi connectivity index (χ2v) is 10.1. The summed E-state index contributed by atoms with van der Waals surface area (Å²) in [4.78, 5) is 4.27. The molecule has 0 N–H and O–H groups in total. The van der Waals surface area contributed by atoms with Crippen LogP contribution in [-0.4, -0.2) is 27.2 Å². The van der Waals surface area contributed by atoms with Crippen molar-refractivity contribution in [3.05, 3.63) is 95.1 Å². The summed E-state index contributed by atoms with van der Waals surface area (Å²) in [5.41, 5.74) is 5.06. The van der Waals surface area contributed by atoms with E-state index < -0.39 is 0 Å². The Bertz CT molecular complexity index is 1020. The number of rotatable bonds is 11. The van der Waals surface area contributed by atoms with Crippen molar-refractivity contribution >= 4 is 20.1 Å². The minimum absolute atomic E-state index is 0.0534. The number of hydrogen-bond donors (Lipinski definition) is 0. The number of methoxy groups -OCH3 is 1. The lowest BCUT2D eigenvalue weighted by atomic mass is 9.91. The molecule has 168 valence electrons. The lowest BCUT2D eigenvalue weighted by Crippen LogP contribution is -2.22. The van der Waals surface area contributed by atoms with Crippen LogP contribution >= 0.6 is 8.58 Å². The minimum atomic E-state index is -0.0534. The standard InChI is InChI=1S/C28H34NO2P/c1-5-17-28(2,32-27-14-10-9-13-24(27)20-29-3)25-19-23(15-16-26(25)31-21-30-4)18-22-11-7-6-8-12-22/h6-16,19-20,32H,5,17-18,21H2,1-4H3. The van der Waals surface area contributed by atoms with E-state index in [2.05, 4.69) is 91.6 Å². The Hall–Kier alpha value is -2.48. The van der Waals surface area contributed by atoms with E-state index in [-0.39, 0.29) is 11.9 Å². The molecule has 0 heterocycles. The molecular formula is C28H34NO2P. The Balaban J connectivity index is 2.04. The maximum absolute atomic E-state index is 6.06. The summed E-state index contributed by atoms with van der Waals surface area (Å²) in [5.74, 6) is 0.911. The van der Waals surface area contributed by atoms with Gasteiger partial charge in [-0.25, -0.2) is 0 Å². The lowest BCUT2D eigenvalue weighted by molar-refractivity contribution is 0.0500. The third kappa shape index (κ3) is 6.28. The molecule has 3 rings (SSSR count). The van der Waals surface area contributed by atoms with Gasteiger partial charge in [0.15, 0.2) is 6.79 Å². The lowest BCUT2D eigenvalue weighted by Gasteiger charge is -2.33. The summed E-state index contributed by atoms with van der Waals surface area (Å²) in [6.07, 6.45) is 5.03. The quantitative estimate of drug-likeness (QED) is 0.195. The Morgan fingerprint density at radius 2 is 1.72 bits per heavy atom. The second-order valence-electron chi connectivity index (χ2n) is 8.23. The van der Waals surface area contributed by atoms with Crippen LogP contribution in [0.25, 0.3) is 0 Å². The maximum atomic E-state index is 6.06. The fourth-order valence-corrected chi connectivity index (χ4v) is 5.89. The van der Waals surface area contributed by atoms with Gasteiger partial charge in [-0.15, -0.1) is 0 Å². The Morgan fingerprint density at radius 1 is 0.969 bits per heavy atom. The smallest absolute Gasteiger partial charge is 0.188 e. The van der Waals surface area contributed by atoms with Crippen LogP contribution in [0.3, 0.4) is 0 Å². The highest BCUT2D eigenvalue weighted by Gasteiger charge is 2.30. The SMILES string of the molecule is CCCC(C)(Pc1ccccc1C=NC)c1cc(Cc2ccccc2)ccc1OCOC. The number of hydrogen-bond acceptors (Lipinski definition) is 3. The molecule has 0 spiro atoms. The van der Waals surface area contributed by atoms with Gasteiger partial charge in [-0.05, 0) is 40.9 Å². The van der Waals surface area contributed by atoms with E-state index in [0.29, 0.717) is 8.58 Å². The minimum Gasteiger partial charge on any atom is -0.467 e. The average molecular weight is 448 g/mol. The normalized spacial score (nSPS) is 13.6. The van der Waals surface area contributed by atoms with Crippen molar-refractivity contribution in [2.75, 3.05) is 21.0 Å². The number of aliphatic imine (C=N–C) groups is 1. The molecule has 0 bridgehead atoms. The summed E-state index contributed by atoms with van der Waals surface area (Å²) in [7, 11) is 4.09. The first-order valence-corrected chi connectivity index (χ1v) is 12.2. The van der Waals surface area contributed by atoms with E-state index in [4.69, 9.17) is 9.47 Å². The van der Waals surface area contributed by atoms with Crippen LogP contribution in [0.1, 0.15) is 48.9 Å². The third-order valence-corrected chi connectivity index (χ3v) is 7.41. The number of ether oxygens (including phenoxy) is 2. The van der Waals surface area contributed by atoms with Gasteiger partial charge in [0, 0.05) is 31.1 Å². The van der Waals surface area contributed by atoms with Gasteiger partial charge in [0.2, 0.25) is 0 Å². The molecule has 0 amide bonds. The van der Waals surface area contributed by atoms with Crippen LogP contribution in [0, 0.1) is 0 Å². The molecular weight excluding hydrogens is 413 g/mol. The summed E-state index contributed by atoms with van der Waals surface area (Å²) in [6, 6.07) is 25.8. The fourth-order valence-electron chi connectivity index (χ4n) is 4.12. The van der Waals surface area contributed by atoms with Crippen LogP contribution < -0.4 is 10.0 Å². The largest absolute Gasteiger partial charge is 0.467 e. The van der Waals surface area contributed by atoms with Gasteiger partial charge < -0.3 is 9.47 Å². The van der Waals surface area contributed by atoms with Crippen LogP contribution in [-0.2, 0) is 16.3 Å². The molecule has 0 radical (unpaired) electrons. The van der Waals surface area contributed by atoms with Gasteiger partial charge in [0.05, 0.1) is 0 Å². The van der Waals surface area contributed by atoms with E-state index in [9.17, 15) is 0 Å². The summed E-state index contributed by atoms with van der Waals surface area (Å²) < 4.78 is 11.3. The van der Waals surface area contributed by atoms with E-state index >= 15 is 0 Å². The molecule has 32 heavy (non-hydrogen) atoms. The fraction of sp³-hybridized carbons (Fsp3) is 0.321. The van der Waals surface area contributed by atoms with E-state index in [1.54, 1.807) is 7.11 Å². The maximum Gasteiger partial charge on any atom is 0.188 e. The predicted molar refractivity (Wildman–Crippen MR) is 138 cm³/mol. The van der Waals surface area contributed by atoms with Crippen LogP contribution in [0.15, 0.2) is 77.8 Å². The van der Waals surface area contributed by atoms with Gasteiger partial charge in [-0.3, -0.25) is 4.99 Å². The molecule has 2 atom stereocenters. The molecule has 0 saturated heterocycles. The summed E-state index contributed by atoms with van der Waals surface area (Å²) in [5, 5.41) is 1.28. The van der Waals surface area contributed by atoms with Crippen LogP contribution in [0.2, 0.25) is 0 Å². The molecule has 0 aliphatic heterocycles. The zero-order valence-corrected chi connectivity index (χ0v) is 20.6. The monoisotopic (exact) mass is 447 g/mol.